The van der Waals surface area contributed by atoms with Crippen LogP contribution in [0.25, 0.3) is 0 Å². The van der Waals surface area contributed by atoms with Gasteiger partial charge in [-0.2, -0.15) is 0 Å². The number of methoxy groups -OCH3 is 1. The highest BCUT2D eigenvalue weighted by atomic mass is 16.5. The maximum atomic E-state index is 5.99. The van der Waals surface area contributed by atoms with Crippen LogP contribution in [0.15, 0.2) is 42.7 Å². The smallest absolute Gasteiger partial charge is 0.150 e. The molecule has 1 aromatic carbocycles. The van der Waals surface area contributed by atoms with E-state index in [1.54, 1.807) is 19.5 Å². The van der Waals surface area contributed by atoms with Crippen LogP contribution in [0, 0.1) is 0 Å². The Bertz CT molecular complexity index is 597. The summed E-state index contributed by atoms with van der Waals surface area (Å²) >= 11 is 0. The number of nitrogens with zero attached hydrogens (tertiary/aromatic N) is 1. The van der Waals surface area contributed by atoms with E-state index < -0.39 is 0 Å². The molecule has 0 bridgehead atoms. The number of hydrogen-bond donors (Lipinski definition) is 1. The minimum Gasteiger partial charge on any atom is -0.455 e. The average molecular weight is 284 g/mol. The van der Waals surface area contributed by atoms with Gasteiger partial charge in [0.25, 0.3) is 0 Å². The zero-order valence-electron chi connectivity index (χ0n) is 12.2. The van der Waals surface area contributed by atoms with Crippen LogP contribution in [0.2, 0.25) is 0 Å². The Morgan fingerprint density at radius 3 is 3.00 bits per heavy atom. The second-order valence-electron chi connectivity index (χ2n) is 5.32. The van der Waals surface area contributed by atoms with Gasteiger partial charge in [0.2, 0.25) is 0 Å². The van der Waals surface area contributed by atoms with Crippen LogP contribution >= 0.6 is 0 Å². The van der Waals surface area contributed by atoms with E-state index in [1.807, 2.05) is 30.3 Å². The summed E-state index contributed by atoms with van der Waals surface area (Å²) in [5.41, 5.74) is 2.23. The van der Waals surface area contributed by atoms with E-state index in [4.69, 9.17) is 9.47 Å². The van der Waals surface area contributed by atoms with E-state index in [-0.39, 0.29) is 0 Å². The van der Waals surface area contributed by atoms with Crippen molar-refractivity contribution in [2.45, 2.75) is 32.0 Å². The van der Waals surface area contributed by atoms with E-state index >= 15 is 0 Å². The first-order valence-electron chi connectivity index (χ1n) is 7.27. The molecule has 1 aliphatic rings. The molecule has 0 radical (unpaired) electrons. The standard InChI is InChI=1S/C17H20N2O2/c1-20-12-13-3-2-4-16(9-13)21-17-11-18-8-7-14(17)10-19-15-5-6-15/h2-4,7-9,11,15,19H,5-6,10,12H2,1H3. The van der Waals surface area contributed by atoms with E-state index in [0.717, 1.165) is 29.2 Å². The third-order valence-corrected chi connectivity index (χ3v) is 3.47. The lowest BCUT2D eigenvalue weighted by molar-refractivity contribution is 0.184. The monoisotopic (exact) mass is 284 g/mol. The maximum Gasteiger partial charge on any atom is 0.150 e. The largest absolute Gasteiger partial charge is 0.455 e. The van der Waals surface area contributed by atoms with E-state index in [9.17, 15) is 0 Å². The van der Waals surface area contributed by atoms with Crippen molar-refractivity contribution in [2.75, 3.05) is 7.11 Å². The van der Waals surface area contributed by atoms with E-state index in [0.29, 0.717) is 12.6 Å². The van der Waals surface area contributed by atoms with Crippen LogP contribution in [0.1, 0.15) is 24.0 Å². The van der Waals surface area contributed by atoms with Crippen molar-refractivity contribution in [3.8, 4) is 11.5 Å². The van der Waals surface area contributed by atoms with Crippen LogP contribution in [-0.2, 0) is 17.9 Å². The zero-order valence-corrected chi connectivity index (χ0v) is 12.2. The molecule has 1 N–H and O–H groups in total. The van der Waals surface area contributed by atoms with Crippen molar-refractivity contribution in [3.63, 3.8) is 0 Å². The lowest BCUT2D eigenvalue weighted by Crippen LogP contribution is -2.15. The second-order valence-corrected chi connectivity index (χ2v) is 5.32. The first kappa shape index (κ1) is 14.0. The summed E-state index contributed by atoms with van der Waals surface area (Å²) in [4.78, 5) is 4.17. The lowest BCUT2D eigenvalue weighted by Gasteiger charge is -2.12. The Hall–Kier alpha value is -1.91. The normalized spacial score (nSPS) is 14.1. The fraction of sp³-hybridized carbons (Fsp3) is 0.353. The minimum absolute atomic E-state index is 0.584. The molecule has 1 saturated carbocycles. The van der Waals surface area contributed by atoms with Gasteiger partial charge < -0.3 is 14.8 Å². The molecular formula is C17H20N2O2. The molecule has 1 aromatic heterocycles. The fourth-order valence-corrected chi connectivity index (χ4v) is 2.18. The molecule has 0 unspecified atom stereocenters. The predicted molar refractivity (Wildman–Crippen MR) is 81.3 cm³/mol. The second kappa shape index (κ2) is 6.70. The third kappa shape index (κ3) is 4.03. The summed E-state index contributed by atoms with van der Waals surface area (Å²) in [6.45, 7) is 1.40. The van der Waals surface area contributed by atoms with Crippen LogP contribution in [0.3, 0.4) is 0 Å². The van der Waals surface area contributed by atoms with Crippen molar-refractivity contribution in [1.82, 2.24) is 10.3 Å². The first-order valence-corrected chi connectivity index (χ1v) is 7.27. The molecule has 3 rings (SSSR count). The molecule has 2 aromatic rings. The molecule has 0 atom stereocenters. The molecule has 1 heterocycles. The van der Waals surface area contributed by atoms with Gasteiger partial charge in [-0.1, -0.05) is 12.1 Å². The third-order valence-electron chi connectivity index (χ3n) is 3.47. The van der Waals surface area contributed by atoms with Gasteiger partial charge in [-0.05, 0) is 36.6 Å². The van der Waals surface area contributed by atoms with E-state index in [1.165, 1.54) is 12.8 Å². The summed E-state index contributed by atoms with van der Waals surface area (Å²) in [6.07, 6.45) is 6.13. The molecular weight excluding hydrogens is 264 g/mol. The van der Waals surface area contributed by atoms with Gasteiger partial charge >= 0.3 is 0 Å². The SMILES string of the molecule is COCc1cccc(Oc2cnccc2CNC2CC2)c1. The maximum absolute atomic E-state index is 5.99. The Kier molecular flexibility index (Phi) is 4.48. The molecule has 0 saturated heterocycles. The molecule has 0 aliphatic heterocycles. The molecule has 4 nitrogen and oxygen atoms in total. The summed E-state index contributed by atoms with van der Waals surface area (Å²) in [7, 11) is 1.69. The van der Waals surface area contributed by atoms with Crippen LogP contribution < -0.4 is 10.1 Å². The van der Waals surface area contributed by atoms with Gasteiger partial charge in [0.1, 0.15) is 11.5 Å². The van der Waals surface area contributed by atoms with Gasteiger partial charge in [-0.25, -0.2) is 0 Å². The van der Waals surface area contributed by atoms with Gasteiger partial charge in [-0.15, -0.1) is 0 Å². The highest BCUT2D eigenvalue weighted by Crippen LogP contribution is 2.26. The number of hydrogen-bond acceptors (Lipinski definition) is 4. The summed E-state index contributed by atoms with van der Waals surface area (Å²) in [6, 6.07) is 10.6. The Balaban J connectivity index is 1.72. The molecule has 110 valence electrons. The fourth-order valence-electron chi connectivity index (χ4n) is 2.18. The van der Waals surface area contributed by atoms with Crippen LogP contribution in [-0.4, -0.2) is 18.1 Å². The van der Waals surface area contributed by atoms with Crippen molar-refractivity contribution in [1.29, 1.82) is 0 Å². The highest BCUT2D eigenvalue weighted by Gasteiger charge is 2.20. The van der Waals surface area contributed by atoms with E-state index in [2.05, 4.69) is 10.3 Å². The number of rotatable bonds is 7. The van der Waals surface area contributed by atoms with Gasteiger partial charge in [-0.3, -0.25) is 4.98 Å². The van der Waals surface area contributed by atoms with Gasteiger partial charge in [0, 0.05) is 31.5 Å². The van der Waals surface area contributed by atoms with Crippen molar-refractivity contribution >= 4 is 0 Å². The number of benzene rings is 1. The summed E-state index contributed by atoms with van der Waals surface area (Å²) in [5.74, 6) is 1.62. The minimum atomic E-state index is 0.584. The topological polar surface area (TPSA) is 43.4 Å². The quantitative estimate of drug-likeness (QED) is 0.847. The molecule has 21 heavy (non-hydrogen) atoms. The molecule has 0 amide bonds. The first-order chi connectivity index (χ1) is 10.3. The molecule has 0 spiro atoms. The number of nitrogens with one attached hydrogen (secondary N) is 1. The van der Waals surface area contributed by atoms with Gasteiger partial charge in [0.15, 0.2) is 0 Å². The van der Waals surface area contributed by atoms with Crippen molar-refractivity contribution in [3.05, 3.63) is 53.9 Å². The van der Waals surface area contributed by atoms with Crippen molar-refractivity contribution in [2.24, 2.45) is 0 Å². The van der Waals surface area contributed by atoms with Crippen LogP contribution in [0.5, 0.6) is 11.5 Å². The average Bonchev–Trinajstić information content (AvgIpc) is 3.31. The Morgan fingerprint density at radius 1 is 1.29 bits per heavy atom. The lowest BCUT2D eigenvalue weighted by atomic mass is 10.2. The highest BCUT2D eigenvalue weighted by molar-refractivity contribution is 5.37. The Morgan fingerprint density at radius 2 is 2.19 bits per heavy atom. The predicted octanol–water partition coefficient (Wildman–Crippen LogP) is 3.27. The number of ether oxygens (including phenoxy) is 2. The molecule has 1 fully saturated rings. The number of pyridine rings is 1. The zero-order chi connectivity index (χ0) is 14.5. The molecule has 4 heteroatoms. The van der Waals surface area contributed by atoms with Gasteiger partial charge in [0.05, 0.1) is 12.8 Å². The number of aromatic nitrogens is 1. The van der Waals surface area contributed by atoms with Crippen LogP contribution in [0.4, 0.5) is 0 Å². The summed E-state index contributed by atoms with van der Waals surface area (Å²) < 4.78 is 11.1. The van der Waals surface area contributed by atoms with Crippen molar-refractivity contribution < 1.29 is 9.47 Å². The summed E-state index contributed by atoms with van der Waals surface area (Å²) in [5, 5.41) is 3.50. The molecule has 1 aliphatic carbocycles. The Labute approximate surface area is 125 Å².